The Labute approximate surface area is 155 Å². The second-order valence-corrected chi connectivity index (χ2v) is 7.68. The molecule has 2 amide bonds. The van der Waals surface area contributed by atoms with E-state index in [1.807, 2.05) is 12.1 Å². The van der Waals surface area contributed by atoms with Crippen molar-refractivity contribution in [2.45, 2.75) is 30.2 Å². The molecule has 0 spiro atoms. The van der Waals surface area contributed by atoms with E-state index in [0.717, 1.165) is 41.3 Å². The maximum absolute atomic E-state index is 13.6. The lowest BCUT2D eigenvalue weighted by Crippen LogP contribution is -2.30. The Morgan fingerprint density at radius 2 is 2.00 bits per heavy atom. The second-order valence-electron chi connectivity index (χ2n) is 6.54. The number of hydrogen-bond acceptors (Lipinski definition) is 3. The van der Waals surface area contributed by atoms with Crippen LogP contribution in [0.2, 0.25) is 0 Å². The van der Waals surface area contributed by atoms with Crippen LogP contribution in [0.1, 0.15) is 41.2 Å². The van der Waals surface area contributed by atoms with Crippen molar-refractivity contribution in [2.24, 2.45) is 0 Å². The van der Waals surface area contributed by atoms with Gasteiger partial charge < -0.3 is 10.2 Å². The van der Waals surface area contributed by atoms with Gasteiger partial charge in [-0.2, -0.15) is 0 Å². The van der Waals surface area contributed by atoms with Gasteiger partial charge in [-0.3, -0.25) is 9.59 Å². The minimum Gasteiger partial charge on any atom is -0.345 e. The minimum atomic E-state index is -0.287. The standard InChI is InChI=1S/C20H19FN2O2S/c21-14-5-8-18-16(12-14)17(9-11-26-18)22-20(25)13-3-6-15(7-4-13)23-10-1-2-19(23)24/h3-8,12,17H,1-2,9-11H2,(H,22,25). The van der Waals surface area contributed by atoms with Crippen LogP contribution in [0.25, 0.3) is 0 Å². The number of fused-ring (bicyclic) bond motifs is 1. The van der Waals surface area contributed by atoms with Crippen LogP contribution in [-0.2, 0) is 4.79 Å². The maximum Gasteiger partial charge on any atom is 0.251 e. The fourth-order valence-electron chi connectivity index (χ4n) is 3.47. The van der Waals surface area contributed by atoms with Crippen molar-refractivity contribution in [1.29, 1.82) is 0 Å². The van der Waals surface area contributed by atoms with Crippen molar-refractivity contribution in [3.05, 3.63) is 59.4 Å². The number of halogens is 1. The first-order valence-electron chi connectivity index (χ1n) is 8.75. The summed E-state index contributed by atoms with van der Waals surface area (Å²) >= 11 is 1.68. The molecule has 0 bridgehead atoms. The van der Waals surface area contributed by atoms with Gasteiger partial charge in [0.05, 0.1) is 6.04 Å². The number of carbonyl (C=O) groups is 2. The molecule has 1 unspecified atom stereocenters. The van der Waals surface area contributed by atoms with Gasteiger partial charge >= 0.3 is 0 Å². The van der Waals surface area contributed by atoms with Crippen molar-refractivity contribution in [2.75, 3.05) is 17.2 Å². The van der Waals surface area contributed by atoms with Gasteiger partial charge in [0.2, 0.25) is 5.91 Å². The summed E-state index contributed by atoms with van der Waals surface area (Å²) in [4.78, 5) is 27.2. The molecule has 134 valence electrons. The third-order valence-corrected chi connectivity index (χ3v) is 5.95. The quantitative estimate of drug-likeness (QED) is 0.891. The molecule has 4 rings (SSSR count). The van der Waals surface area contributed by atoms with E-state index in [4.69, 9.17) is 0 Å². The predicted octanol–water partition coefficient (Wildman–Crippen LogP) is 3.92. The van der Waals surface area contributed by atoms with Crippen molar-refractivity contribution >= 4 is 29.3 Å². The molecule has 6 heteroatoms. The second kappa shape index (κ2) is 7.11. The van der Waals surface area contributed by atoms with E-state index in [2.05, 4.69) is 5.32 Å². The third kappa shape index (κ3) is 3.33. The fraction of sp³-hybridized carbons (Fsp3) is 0.300. The highest BCUT2D eigenvalue weighted by atomic mass is 32.2. The van der Waals surface area contributed by atoms with E-state index in [9.17, 15) is 14.0 Å². The summed E-state index contributed by atoms with van der Waals surface area (Å²) in [6.45, 7) is 0.729. The Morgan fingerprint density at radius 3 is 2.73 bits per heavy atom. The Bertz CT molecular complexity index is 853. The van der Waals surface area contributed by atoms with Gasteiger partial charge in [0.1, 0.15) is 5.82 Å². The predicted molar refractivity (Wildman–Crippen MR) is 100.0 cm³/mol. The molecule has 1 N–H and O–H groups in total. The lowest BCUT2D eigenvalue weighted by Gasteiger charge is -2.26. The van der Waals surface area contributed by atoms with E-state index >= 15 is 0 Å². The molecule has 1 atom stereocenters. The van der Waals surface area contributed by atoms with E-state index in [-0.39, 0.29) is 23.7 Å². The van der Waals surface area contributed by atoms with Crippen molar-refractivity contribution in [3.8, 4) is 0 Å². The van der Waals surface area contributed by atoms with E-state index in [0.29, 0.717) is 12.0 Å². The first-order chi connectivity index (χ1) is 12.6. The van der Waals surface area contributed by atoms with Crippen LogP contribution >= 0.6 is 11.8 Å². The lowest BCUT2D eigenvalue weighted by molar-refractivity contribution is -0.117. The largest absolute Gasteiger partial charge is 0.345 e. The summed E-state index contributed by atoms with van der Waals surface area (Å²) in [5.74, 6) is 0.543. The number of amides is 2. The maximum atomic E-state index is 13.6. The van der Waals surface area contributed by atoms with Crippen LogP contribution in [-0.4, -0.2) is 24.1 Å². The molecule has 4 nitrogen and oxygen atoms in total. The lowest BCUT2D eigenvalue weighted by atomic mass is 10.0. The Balaban J connectivity index is 1.49. The molecule has 0 saturated carbocycles. The van der Waals surface area contributed by atoms with E-state index in [1.54, 1.807) is 34.9 Å². The summed E-state index contributed by atoms with van der Waals surface area (Å²) < 4.78 is 13.6. The van der Waals surface area contributed by atoms with Crippen LogP contribution in [0, 0.1) is 5.82 Å². The highest BCUT2D eigenvalue weighted by Gasteiger charge is 2.24. The average molecular weight is 370 g/mol. The average Bonchev–Trinajstić information content (AvgIpc) is 3.08. The van der Waals surface area contributed by atoms with Crippen molar-refractivity contribution in [1.82, 2.24) is 5.32 Å². The van der Waals surface area contributed by atoms with Crippen molar-refractivity contribution < 1.29 is 14.0 Å². The highest BCUT2D eigenvalue weighted by molar-refractivity contribution is 7.99. The molecule has 26 heavy (non-hydrogen) atoms. The van der Waals surface area contributed by atoms with Crippen LogP contribution in [0.5, 0.6) is 0 Å². The van der Waals surface area contributed by atoms with E-state index < -0.39 is 0 Å². The number of nitrogens with one attached hydrogen (secondary N) is 1. The smallest absolute Gasteiger partial charge is 0.251 e. The Morgan fingerprint density at radius 1 is 1.19 bits per heavy atom. The van der Waals surface area contributed by atoms with Crippen LogP contribution in [0.15, 0.2) is 47.4 Å². The normalized spacial score (nSPS) is 19.3. The molecule has 1 fully saturated rings. The molecule has 2 aromatic rings. The first-order valence-corrected chi connectivity index (χ1v) is 9.74. The zero-order chi connectivity index (χ0) is 18.1. The molecule has 0 radical (unpaired) electrons. The number of rotatable bonds is 3. The van der Waals surface area contributed by atoms with Crippen LogP contribution < -0.4 is 10.2 Å². The highest BCUT2D eigenvalue weighted by Crippen LogP contribution is 2.36. The molecule has 2 heterocycles. The van der Waals surface area contributed by atoms with Crippen LogP contribution in [0.4, 0.5) is 10.1 Å². The van der Waals surface area contributed by atoms with Gasteiger partial charge in [0, 0.05) is 34.9 Å². The van der Waals surface area contributed by atoms with Gasteiger partial charge in [0.25, 0.3) is 5.91 Å². The Kier molecular flexibility index (Phi) is 4.68. The van der Waals surface area contributed by atoms with Crippen molar-refractivity contribution in [3.63, 3.8) is 0 Å². The molecule has 0 aliphatic carbocycles. The number of carbonyl (C=O) groups excluding carboxylic acids is 2. The third-order valence-electron chi connectivity index (χ3n) is 4.83. The molecule has 0 aromatic heterocycles. The van der Waals surface area contributed by atoms with Gasteiger partial charge in [-0.1, -0.05) is 0 Å². The zero-order valence-electron chi connectivity index (χ0n) is 14.2. The molecule has 1 saturated heterocycles. The topological polar surface area (TPSA) is 49.4 Å². The monoisotopic (exact) mass is 370 g/mol. The minimum absolute atomic E-state index is 0.126. The SMILES string of the molecule is O=C(NC1CCSc2ccc(F)cc21)c1ccc(N2CCCC2=O)cc1. The molecule has 2 aliphatic heterocycles. The molecular weight excluding hydrogens is 351 g/mol. The zero-order valence-corrected chi connectivity index (χ0v) is 15.0. The number of nitrogens with zero attached hydrogens (tertiary/aromatic N) is 1. The van der Waals surface area contributed by atoms with Crippen LogP contribution in [0.3, 0.4) is 0 Å². The molecule has 2 aromatic carbocycles. The molecule has 2 aliphatic rings. The summed E-state index contributed by atoms with van der Waals surface area (Å²) in [6.07, 6.45) is 2.22. The number of hydrogen-bond donors (Lipinski definition) is 1. The summed E-state index contributed by atoms with van der Waals surface area (Å²) in [6, 6.07) is 11.6. The summed E-state index contributed by atoms with van der Waals surface area (Å²) in [7, 11) is 0. The number of thioether (sulfide) groups is 1. The number of anilines is 1. The van der Waals surface area contributed by atoms with Gasteiger partial charge in [-0.15, -0.1) is 11.8 Å². The van der Waals surface area contributed by atoms with Gasteiger partial charge in [-0.25, -0.2) is 4.39 Å². The molecular formula is C20H19FN2O2S. The first kappa shape index (κ1) is 17.1. The van der Waals surface area contributed by atoms with Gasteiger partial charge in [0.15, 0.2) is 0 Å². The fourth-order valence-corrected chi connectivity index (χ4v) is 4.58. The summed E-state index contributed by atoms with van der Waals surface area (Å²) in [5, 5.41) is 3.02. The summed E-state index contributed by atoms with van der Waals surface area (Å²) in [5.41, 5.74) is 2.20. The number of benzene rings is 2. The van der Waals surface area contributed by atoms with Gasteiger partial charge in [-0.05, 0) is 60.9 Å². The van der Waals surface area contributed by atoms with E-state index in [1.165, 1.54) is 12.1 Å². The Hall–Kier alpha value is -2.34.